The third-order valence-electron chi connectivity index (χ3n) is 3.99. The van der Waals surface area contributed by atoms with Gasteiger partial charge in [-0.15, -0.1) is 0 Å². The lowest BCUT2D eigenvalue weighted by atomic mass is 10.0. The van der Waals surface area contributed by atoms with Gasteiger partial charge in [0.05, 0.1) is 6.10 Å². The SMILES string of the molecule is CNCCc1ccc(C)c(C)c1OC1CCCC1. The lowest BCUT2D eigenvalue weighted by molar-refractivity contribution is 0.206. The summed E-state index contributed by atoms with van der Waals surface area (Å²) < 4.78 is 6.29. The molecule has 1 fully saturated rings. The van der Waals surface area contributed by atoms with Crippen molar-refractivity contribution in [1.29, 1.82) is 0 Å². The molecule has 2 rings (SSSR count). The lowest BCUT2D eigenvalue weighted by Gasteiger charge is -2.20. The smallest absolute Gasteiger partial charge is 0.126 e. The highest BCUT2D eigenvalue weighted by Gasteiger charge is 2.19. The second-order valence-corrected chi connectivity index (χ2v) is 5.37. The Labute approximate surface area is 111 Å². The van der Waals surface area contributed by atoms with Crippen LogP contribution in [0.4, 0.5) is 0 Å². The van der Waals surface area contributed by atoms with E-state index >= 15 is 0 Å². The Hall–Kier alpha value is -1.02. The summed E-state index contributed by atoms with van der Waals surface area (Å²) in [5, 5.41) is 3.22. The minimum atomic E-state index is 0.443. The van der Waals surface area contributed by atoms with Gasteiger partial charge >= 0.3 is 0 Å². The number of rotatable bonds is 5. The van der Waals surface area contributed by atoms with Crippen molar-refractivity contribution in [2.45, 2.75) is 52.1 Å². The van der Waals surface area contributed by atoms with Gasteiger partial charge in [0, 0.05) is 0 Å². The van der Waals surface area contributed by atoms with Crippen molar-refractivity contribution < 1.29 is 4.74 Å². The minimum Gasteiger partial charge on any atom is -0.490 e. The molecule has 0 unspecified atom stereocenters. The van der Waals surface area contributed by atoms with E-state index in [0.717, 1.165) is 18.7 Å². The zero-order valence-electron chi connectivity index (χ0n) is 11.9. The fourth-order valence-electron chi connectivity index (χ4n) is 2.64. The monoisotopic (exact) mass is 247 g/mol. The molecule has 0 aromatic heterocycles. The second-order valence-electron chi connectivity index (χ2n) is 5.37. The molecule has 1 aliphatic carbocycles. The van der Waals surface area contributed by atoms with E-state index in [1.807, 2.05) is 7.05 Å². The van der Waals surface area contributed by atoms with E-state index < -0.39 is 0 Å². The summed E-state index contributed by atoms with van der Waals surface area (Å²) >= 11 is 0. The van der Waals surface area contributed by atoms with E-state index in [1.165, 1.54) is 42.4 Å². The Morgan fingerprint density at radius 1 is 1.22 bits per heavy atom. The van der Waals surface area contributed by atoms with Crippen molar-refractivity contribution in [1.82, 2.24) is 5.32 Å². The average molecular weight is 247 g/mol. The van der Waals surface area contributed by atoms with Gasteiger partial charge < -0.3 is 10.1 Å². The van der Waals surface area contributed by atoms with Crippen LogP contribution in [-0.2, 0) is 6.42 Å². The largest absolute Gasteiger partial charge is 0.490 e. The zero-order valence-corrected chi connectivity index (χ0v) is 11.9. The molecule has 1 saturated carbocycles. The molecule has 0 bridgehead atoms. The summed E-state index contributed by atoms with van der Waals surface area (Å²) in [6.45, 7) is 5.35. The highest BCUT2D eigenvalue weighted by atomic mass is 16.5. The highest BCUT2D eigenvalue weighted by molar-refractivity contribution is 5.45. The van der Waals surface area contributed by atoms with Crippen molar-refractivity contribution in [2.24, 2.45) is 0 Å². The first-order valence-corrected chi connectivity index (χ1v) is 7.12. The fraction of sp³-hybridized carbons (Fsp3) is 0.625. The topological polar surface area (TPSA) is 21.3 Å². The standard InChI is InChI=1S/C16H25NO/c1-12-8-9-14(10-11-17-3)16(13(12)2)18-15-6-4-5-7-15/h8-9,15,17H,4-7,10-11H2,1-3H3. The Bertz CT molecular complexity index is 394. The van der Waals surface area contributed by atoms with Gasteiger partial charge in [0.15, 0.2) is 0 Å². The third-order valence-corrected chi connectivity index (χ3v) is 3.99. The van der Waals surface area contributed by atoms with Crippen molar-refractivity contribution in [3.05, 3.63) is 28.8 Å². The molecule has 0 spiro atoms. The molecule has 0 heterocycles. The molecule has 1 N–H and O–H groups in total. The van der Waals surface area contributed by atoms with Crippen LogP contribution >= 0.6 is 0 Å². The van der Waals surface area contributed by atoms with Gasteiger partial charge in [0.1, 0.15) is 5.75 Å². The molecule has 1 aliphatic rings. The fourth-order valence-corrected chi connectivity index (χ4v) is 2.64. The maximum atomic E-state index is 6.29. The predicted molar refractivity (Wildman–Crippen MR) is 76.4 cm³/mol. The summed E-state index contributed by atoms with van der Waals surface area (Å²) in [6.07, 6.45) is 6.57. The van der Waals surface area contributed by atoms with E-state index in [0.29, 0.717) is 6.10 Å². The van der Waals surface area contributed by atoms with Gasteiger partial charge in [0.2, 0.25) is 0 Å². The number of benzene rings is 1. The molecule has 2 nitrogen and oxygen atoms in total. The molecule has 0 atom stereocenters. The van der Waals surface area contributed by atoms with Crippen LogP contribution < -0.4 is 10.1 Å². The summed E-state index contributed by atoms with van der Waals surface area (Å²) in [4.78, 5) is 0. The number of likely N-dealkylation sites (N-methyl/N-ethyl adjacent to an activating group) is 1. The molecule has 0 saturated heterocycles. The minimum absolute atomic E-state index is 0.443. The summed E-state index contributed by atoms with van der Waals surface area (Å²) in [5.74, 6) is 1.15. The maximum absolute atomic E-state index is 6.29. The number of hydrogen-bond donors (Lipinski definition) is 1. The van der Waals surface area contributed by atoms with Gasteiger partial charge in [-0.25, -0.2) is 0 Å². The van der Waals surface area contributed by atoms with Crippen LogP contribution in [0.25, 0.3) is 0 Å². The first-order valence-electron chi connectivity index (χ1n) is 7.12. The molecule has 0 radical (unpaired) electrons. The van der Waals surface area contributed by atoms with Crippen molar-refractivity contribution >= 4 is 0 Å². The average Bonchev–Trinajstić information content (AvgIpc) is 2.87. The third kappa shape index (κ3) is 3.05. The van der Waals surface area contributed by atoms with Crippen LogP contribution in [0.3, 0.4) is 0 Å². The normalized spacial score (nSPS) is 16.2. The molecule has 1 aromatic rings. The van der Waals surface area contributed by atoms with Crippen molar-refractivity contribution in [3.63, 3.8) is 0 Å². The van der Waals surface area contributed by atoms with Gasteiger partial charge in [-0.1, -0.05) is 12.1 Å². The molecule has 0 amide bonds. The van der Waals surface area contributed by atoms with E-state index in [-0.39, 0.29) is 0 Å². The van der Waals surface area contributed by atoms with Gasteiger partial charge in [-0.05, 0) is 76.2 Å². The Kier molecular flexibility index (Phi) is 4.65. The quantitative estimate of drug-likeness (QED) is 0.861. The molecular weight excluding hydrogens is 222 g/mol. The van der Waals surface area contributed by atoms with E-state index in [9.17, 15) is 0 Å². The zero-order chi connectivity index (χ0) is 13.0. The summed E-state index contributed by atoms with van der Waals surface area (Å²) in [5.41, 5.74) is 3.99. The number of hydrogen-bond acceptors (Lipinski definition) is 2. The molecule has 100 valence electrons. The van der Waals surface area contributed by atoms with Gasteiger partial charge in [0.25, 0.3) is 0 Å². The summed E-state index contributed by atoms with van der Waals surface area (Å²) in [6, 6.07) is 4.44. The van der Waals surface area contributed by atoms with Crippen LogP contribution in [0.1, 0.15) is 42.4 Å². The molecule has 1 aromatic carbocycles. The van der Waals surface area contributed by atoms with Crippen LogP contribution in [0.15, 0.2) is 12.1 Å². The number of nitrogens with one attached hydrogen (secondary N) is 1. The predicted octanol–water partition coefficient (Wildman–Crippen LogP) is 3.39. The van der Waals surface area contributed by atoms with Gasteiger partial charge in [-0.2, -0.15) is 0 Å². The van der Waals surface area contributed by atoms with E-state index in [4.69, 9.17) is 4.74 Å². The lowest BCUT2D eigenvalue weighted by Crippen LogP contribution is -2.16. The van der Waals surface area contributed by atoms with Crippen LogP contribution in [-0.4, -0.2) is 19.7 Å². The number of ether oxygens (including phenoxy) is 1. The first-order chi connectivity index (χ1) is 8.72. The Morgan fingerprint density at radius 2 is 1.94 bits per heavy atom. The Balaban J connectivity index is 2.19. The van der Waals surface area contributed by atoms with Crippen LogP contribution in [0.2, 0.25) is 0 Å². The van der Waals surface area contributed by atoms with Gasteiger partial charge in [-0.3, -0.25) is 0 Å². The molecular formula is C16H25NO. The van der Waals surface area contributed by atoms with E-state index in [1.54, 1.807) is 0 Å². The molecule has 2 heteroatoms. The van der Waals surface area contributed by atoms with Crippen LogP contribution in [0, 0.1) is 13.8 Å². The maximum Gasteiger partial charge on any atom is 0.126 e. The first kappa shape index (κ1) is 13.4. The molecule has 0 aliphatic heterocycles. The van der Waals surface area contributed by atoms with Crippen molar-refractivity contribution in [2.75, 3.05) is 13.6 Å². The van der Waals surface area contributed by atoms with Crippen molar-refractivity contribution in [3.8, 4) is 5.75 Å². The molecule has 18 heavy (non-hydrogen) atoms. The summed E-state index contributed by atoms with van der Waals surface area (Å²) in [7, 11) is 2.00. The van der Waals surface area contributed by atoms with Crippen LogP contribution in [0.5, 0.6) is 5.75 Å². The second kappa shape index (κ2) is 6.24. The highest BCUT2D eigenvalue weighted by Crippen LogP contribution is 2.31. The number of aryl methyl sites for hydroxylation is 1. The van der Waals surface area contributed by atoms with E-state index in [2.05, 4.69) is 31.3 Å². The Morgan fingerprint density at radius 3 is 2.61 bits per heavy atom.